The van der Waals surface area contributed by atoms with Crippen LogP contribution in [0, 0.1) is 0 Å². The first-order valence-corrected chi connectivity index (χ1v) is 9.22. The fourth-order valence-corrected chi connectivity index (χ4v) is 3.61. The van der Waals surface area contributed by atoms with Crippen molar-refractivity contribution in [3.8, 4) is 0 Å². The normalized spacial score (nSPS) is 23.4. The highest BCUT2D eigenvalue weighted by atomic mass is 16.2. The standard InChI is InChI=1S/C19H22N4O4/c20-19(5-6-19)7-8-21-10-11-1-2-12-13(9-11)18(27)23(17(12)26)14-3-4-15(24)22-16(14)25/h1-2,9,14,21H,3-8,10,20H2,(H,22,24,25). The fourth-order valence-electron chi connectivity index (χ4n) is 3.61. The summed E-state index contributed by atoms with van der Waals surface area (Å²) >= 11 is 0. The van der Waals surface area contributed by atoms with Crippen molar-refractivity contribution in [3.63, 3.8) is 0 Å². The number of piperidine rings is 1. The van der Waals surface area contributed by atoms with Gasteiger partial charge in [0.05, 0.1) is 11.1 Å². The van der Waals surface area contributed by atoms with Gasteiger partial charge in [0.2, 0.25) is 11.8 Å². The number of fused-ring (bicyclic) bond motifs is 1. The monoisotopic (exact) mass is 370 g/mol. The Morgan fingerprint density at radius 1 is 1.15 bits per heavy atom. The van der Waals surface area contributed by atoms with Crippen LogP contribution in [0.1, 0.15) is 58.4 Å². The van der Waals surface area contributed by atoms with Crippen molar-refractivity contribution < 1.29 is 19.2 Å². The maximum Gasteiger partial charge on any atom is 0.262 e. The highest BCUT2D eigenvalue weighted by molar-refractivity contribution is 6.23. The number of nitrogens with two attached hydrogens (primary N) is 1. The largest absolute Gasteiger partial charge is 0.325 e. The molecule has 0 radical (unpaired) electrons. The lowest BCUT2D eigenvalue weighted by molar-refractivity contribution is -0.136. The van der Waals surface area contributed by atoms with E-state index in [0.29, 0.717) is 17.7 Å². The van der Waals surface area contributed by atoms with Crippen molar-refractivity contribution in [1.82, 2.24) is 15.5 Å². The van der Waals surface area contributed by atoms with Crippen LogP contribution in [0.3, 0.4) is 0 Å². The summed E-state index contributed by atoms with van der Waals surface area (Å²) < 4.78 is 0. The van der Waals surface area contributed by atoms with Gasteiger partial charge in [0.15, 0.2) is 0 Å². The van der Waals surface area contributed by atoms with Crippen LogP contribution in [0.5, 0.6) is 0 Å². The molecule has 2 aliphatic heterocycles. The molecule has 1 aromatic carbocycles. The Balaban J connectivity index is 1.44. The molecule has 0 aromatic heterocycles. The number of rotatable bonds is 6. The summed E-state index contributed by atoms with van der Waals surface area (Å²) in [7, 11) is 0. The van der Waals surface area contributed by atoms with Crippen LogP contribution in [-0.4, -0.2) is 46.7 Å². The predicted octanol–water partition coefficient (Wildman–Crippen LogP) is 0.0588. The Morgan fingerprint density at radius 2 is 1.89 bits per heavy atom. The van der Waals surface area contributed by atoms with Gasteiger partial charge in [-0.25, -0.2) is 0 Å². The fraction of sp³-hybridized carbons (Fsp3) is 0.474. The predicted molar refractivity (Wildman–Crippen MR) is 95.6 cm³/mol. The molecule has 3 aliphatic rings. The molecule has 4 rings (SSSR count). The molecule has 27 heavy (non-hydrogen) atoms. The molecule has 8 nitrogen and oxygen atoms in total. The zero-order chi connectivity index (χ0) is 19.2. The van der Waals surface area contributed by atoms with Crippen molar-refractivity contribution in [2.24, 2.45) is 5.73 Å². The van der Waals surface area contributed by atoms with Crippen LogP contribution in [0.4, 0.5) is 0 Å². The van der Waals surface area contributed by atoms with E-state index in [4.69, 9.17) is 5.73 Å². The molecule has 2 fully saturated rings. The minimum atomic E-state index is -0.934. The van der Waals surface area contributed by atoms with E-state index in [1.165, 1.54) is 0 Å². The average molecular weight is 370 g/mol. The van der Waals surface area contributed by atoms with Crippen LogP contribution in [0.15, 0.2) is 18.2 Å². The maximum absolute atomic E-state index is 12.8. The molecule has 1 atom stereocenters. The molecular weight excluding hydrogens is 348 g/mol. The third-order valence-corrected chi connectivity index (χ3v) is 5.53. The van der Waals surface area contributed by atoms with E-state index in [-0.39, 0.29) is 24.3 Å². The van der Waals surface area contributed by atoms with Gasteiger partial charge in [0.1, 0.15) is 6.04 Å². The van der Waals surface area contributed by atoms with E-state index in [2.05, 4.69) is 10.6 Å². The zero-order valence-corrected chi connectivity index (χ0v) is 14.9. The Kier molecular flexibility index (Phi) is 4.32. The van der Waals surface area contributed by atoms with Gasteiger partial charge in [0.25, 0.3) is 11.8 Å². The van der Waals surface area contributed by atoms with Gasteiger partial charge in [-0.1, -0.05) is 6.07 Å². The number of hydrogen-bond acceptors (Lipinski definition) is 6. The minimum absolute atomic E-state index is 0.00419. The summed E-state index contributed by atoms with van der Waals surface area (Å²) in [6.07, 6.45) is 3.33. The summed E-state index contributed by atoms with van der Waals surface area (Å²) in [5, 5.41) is 5.50. The summed E-state index contributed by atoms with van der Waals surface area (Å²) in [6.45, 7) is 1.37. The third-order valence-electron chi connectivity index (χ3n) is 5.53. The number of hydrogen-bond donors (Lipinski definition) is 3. The van der Waals surface area contributed by atoms with Crippen molar-refractivity contribution in [3.05, 3.63) is 34.9 Å². The van der Waals surface area contributed by atoms with E-state index in [9.17, 15) is 19.2 Å². The molecule has 2 heterocycles. The number of carbonyl (C=O) groups excluding carboxylic acids is 4. The molecule has 1 aliphatic carbocycles. The summed E-state index contributed by atoms with van der Waals surface area (Å²) in [4.78, 5) is 49.8. The zero-order valence-electron chi connectivity index (χ0n) is 14.9. The number of benzene rings is 1. The second-order valence-corrected chi connectivity index (χ2v) is 7.62. The highest BCUT2D eigenvalue weighted by Gasteiger charge is 2.44. The average Bonchev–Trinajstić information content (AvgIpc) is 3.32. The van der Waals surface area contributed by atoms with Gasteiger partial charge in [-0.05, 0) is 49.9 Å². The smallest absolute Gasteiger partial charge is 0.262 e. The summed E-state index contributed by atoms with van der Waals surface area (Å²) in [5.74, 6) is -1.95. The summed E-state index contributed by atoms with van der Waals surface area (Å²) in [6, 6.07) is 4.20. The Morgan fingerprint density at radius 3 is 2.59 bits per heavy atom. The van der Waals surface area contributed by atoms with Crippen LogP contribution in [0.25, 0.3) is 0 Å². The van der Waals surface area contributed by atoms with Gasteiger partial charge in [-0.15, -0.1) is 0 Å². The number of imide groups is 2. The van der Waals surface area contributed by atoms with E-state index in [1.54, 1.807) is 18.2 Å². The van der Waals surface area contributed by atoms with Gasteiger partial charge >= 0.3 is 0 Å². The molecule has 4 N–H and O–H groups in total. The SMILES string of the molecule is NC1(CCNCc2ccc3c(c2)C(=O)N(C2CCC(=O)NC2=O)C3=O)CC1. The van der Waals surface area contributed by atoms with Gasteiger partial charge in [-0.3, -0.25) is 29.4 Å². The second kappa shape index (κ2) is 6.54. The minimum Gasteiger partial charge on any atom is -0.325 e. The molecule has 1 unspecified atom stereocenters. The quantitative estimate of drug-likeness (QED) is 0.481. The van der Waals surface area contributed by atoms with Crippen LogP contribution in [-0.2, 0) is 16.1 Å². The number of nitrogens with zero attached hydrogens (tertiary/aromatic N) is 1. The Bertz CT molecular complexity index is 846. The lowest BCUT2D eigenvalue weighted by Gasteiger charge is -2.27. The van der Waals surface area contributed by atoms with Crippen LogP contribution in [0.2, 0.25) is 0 Å². The second-order valence-electron chi connectivity index (χ2n) is 7.62. The van der Waals surface area contributed by atoms with Crippen LogP contribution < -0.4 is 16.4 Å². The lowest BCUT2D eigenvalue weighted by Crippen LogP contribution is -2.54. The van der Waals surface area contributed by atoms with E-state index in [1.807, 2.05) is 0 Å². The molecule has 1 saturated carbocycles. The van der Waals surface area contributed by atoms with E-state index >= 15 is 0 Å². The lowest BCUT2D eigenvalue weighted by atomic mass is 10.0. The third kappa shape index (κ3) is 3.38. The van der Waals surface area contributed by atoms with Gasteiger partial charge in [-0.2, -0.15) is 0 Å². The number of carbonyl (C=O) groups is 4. The highest BCUT2D eigenvalue weighted by Crippen LogP contribution is 2.35. The number of nitrogens with one attached hydrogen (secondary N) is 2. The van der Waals surface area contributed by atoms with Crippen molar-refractivity contribution in [2.75, 3.05) is 6.54 Å². The van der Waals surface area contributed by atoms with Crippen LogP contribution >= 0.6 is 0 Å². The molecule has 142 valence electrons. The topological polar surface area (TPSA) is 122 Å². The summed E-state index contributed by atoms with van der Waals surface area (Å²) in [5.41, 5.74) is 7.55. The first-order valence-electron chi connectivity index (χ1n) is 9.22. The molecular formula is C19H22N4O4. The first kappa shape index (κ1) is 17.8. The molecule has 1 aromatic rings. The van der Waals surface area contributed by atoms with E-state index in [0.717, 1.165) is 36.3 Å². The van der Waals surface area contributed by atoms with Crippen molar-refractivity contribution in [1.29, 1.82) is 0 Å². The molecule has 1 saturated heterocycles. The first-order chi connectivity index (χ1) is 12.9. The molecule has 0 bridgehead atoms. The van der Waals surface area contributed by atoms with Gasteiger partial charge < -0.3 is 11.1 Å². The Labute approximate surface area is 156 Å². The maximum atomic E-state index is 12.8. The molecule has 0 spiro atoms. The van der Waals surface area contributed by atoms with E-state index < -0.39 is 23.8 Å². The molecule has 8 heteroatoms. The Hall–Kier alpha value is -2.58. The van der Waals surface area contributed by atoms with Gasteiger partial charge in [0, 0.05) is 18.5 Å². The van der Waals surface area contributed by atoms with Crippen molar-refractivity contribution >= 4 is 23.6 Å². The molecule has 4 amide bonds. The number of amides is 4. The van der Waals surface area contributed by atoms with Crippen molar-refractivity contribution in [2.45, 2.75) is 50.2 Å².